The lowest BCUT2D eigenvalue weighted by Gasteiger charge is -2.13. The Kier molecular flexibility index (Phi) is 4.78. The third-order valence-electron chi connectivity index (χ3n) is 2.50. The predicted octanol–water partition coefficient (Wildman–Crippen LogP) is 2.61. The molecule has 0 bridgehead atoms. The van der Waals surface area contributed by atoms with Crippen molar-refractivity contribution in [2.24, 2.45) is 5.73 Å². The van der Waals surface area contributed by atoms with Gasteiger partial charge in [-0.3, -0.25) is 0 Å². The molecule has 0 aliphatic carbocycles. The van der Waals surface area contributed by atoms with E-state index in [9.17, 15) is 0 Å². The molecule has 0 spiro atoms. The molecule has 1 aromatic rings. The van der Waals surface area contributed by atoms with E-state index >= 15 is 0 Å². The third kappa shape index (κ3) is 2.97. The average Bonchev–Trinajstić information content (AvgIpc) is 2.30. The van der Waals surface area contributed by atoms with Gasteiger partial charge in [-0.05, 0) is 46.5 Å². The van der Waals surface area contributed by atoms with E-state index in [-0.39, 0.29) is 6.04 Å². The van der Waals surface area contributed by atoms with Crippen LogP contribution in [-0.4, -0.2) is 13.2 Å². The lowest BCUT2D eigenvalue weighted by Crippen LogP contribution is -2.21. The smallest absolute Gasteiger partial charge is 0.123 e. The van der Waals surface area contributed by atoms with E-state index in [1.165, 1.54) is 0 Å². The van der Waals surface area contributed by atoms with Gasteiger partial charge in [-0.2, -0.15) is 5.26 Å². The van der Waals surface area contributed by atoms with Crippen molar-refractivity contribution in [2.45, 2.75) is 25.8 Å². The van der Waals surface area contributed by atoms with Crippen LogP contribution in [0, 0.1) is 11.3 Å². The topological polar surface area (TPSA) is 59.0 Å². The second kappa shape index (κ2) is 5.88. The second-order valence-electron chi connectivity index (χ2n) is 3.63. The molecular formula is C12H15BrN2O. The fourth-order valence-corrected chi connectivity index (χ4v) is 1.87. The summed E-state index contributed by atoms with van der Waals surface area (Å²) in [7, 11) is 1.62. The van der Waals surface area contributed by atoms with Crippen molar-refractivity contribution in [1.29, 1.82) is 5.26 Å². The molecule has 2 N–H and O–H groups in total. The van der Waals surface area contributed by atoms with Gasteiger partial charge < -0.3 is 10.5 Å². The van der Waals surface area contributed by atoms with Crippen LogP contribution in [0.1, 0.15) is 24.5 Å². The number of rotatable bonds is 4. The maximum absolute atomic E-state index is 8.95. The SMILES string of the molecule is CCC(N)Cc1cc(C#N)c(Br)cc1OC. The number of nitrogens with two attached hydrogens (primary N) is 1. The first-order valence-electron chi connectivity index (χ1n) is 5.14. The maximum Gasteiger partial charge on any atom is 0.123 e. The molecule has 0 saturated heterocycles. The van der Waals surface area contributed by atoms with E-state index < -0.39 is 0 Å². The van der Waals surface area contributed by atoms with E-state index in [1.807, 2.05) is 19.1 Å². The van der Waals surface area contributed by atoms with Gasteiger partial charge in [-0.15, -0.1) is 0 Å². The van der Waals surface area contributed by atoms with Gasteiger partial charge in [0.1, 0.15) is 11.8 Å². The van der Waals surface area contributed by atoms with Crippen LogP contribution in [0.25, 0.3) is 0 Å². The van der Waals surface area contributed by atoms with Gasteiger partial charge in [0.05, 0.1) is 12.7 Å². The zero-order chi connectivity index (χ0) is 12.1. The molecule has 0 heterocycles. The Balaban J connectivity index is 3.10. The zero-order valence-corrected chi connectivity index (χ0v) is 11.0. The number of nitrogens with zero attached hydrogens (tertiary/aromatic N) is 1. The van der Waals surface area contributed by atoms with Crippen LogP contribution in [0.3, 0.4) is 0 Å². The molecule has 16 heavy (non-hydrogen) atoms. The summed E-state index contributed by atoms with van der Waals surface area (Å²) in [6.45, 7) is 2.04. The highest BCUT2D eigenvalue weighted by atomic mass is 79.9. The molecule has 0 amide bonds. The lowest BCUT2D eigenvalue weighted by molar-refractivity contribution is 0.407. The minimum Gasteiger partial charge on any atom is -0.496 e. The fraction of sp³-hybridized carbons (Fsp3) is 0.417. The molecule has 3 nitrogen and oxygen atoms in total. The van der Waals surface area contributed by atoms with Gasteiger partial charge in [0.15, 0.2) is 0 Å². The largest absolute Gasteiger partial charge is 0.496 e. The van der Waals surface area contributed by atoms with Crippen molar-refractivity contribution in [1.82, 2.24) is 0 Å². The van der Waals surface area contributed by atoms with Crippen LogP contribution >= 0.6 is 15.9 Å². The standard InChI is InChI=1S/C12H15BrN2O/c1-3-10(15)5-8-4-9(7-14)11(13)6-12(8)16-2/h4,6,10H,3,5,15H2,1-2H3. The monoisotopic (exact) mass is 282 g/mol. The Bertz CT molecular complexity index is 412. The van der Waals surface area contributed by atoms with Gasteiger partial charge in [0, 0.05) is 10.5 Å². The molecule has 0 saturated carbocycles. The maximum atomic E-state index is 8.95. The van der Waals surface area contributed by atoms with Crippen LogP contribution < -0.4 is 10.5 Å². The van der Waals surface area contributed by atoms with Crippen molar-refractivity contribution in [3.63, 3.8) is 0 Å². The van der Waals surface area contributed by atoms with E-state index in [0.29, 0.717) is 5.56 Å². The Morgan fingerprint density at radius 1 is 1.56 bits per heavy atom. The van der Waals surface area contributed by atoms with Crippen LogP contribution in [-0.2, 0) is 6.42 Å². The summed E-state index contributed by atoms with van der Waals surface area (Å²) in [5.41, 5.74) is 7.50. The second-order valence-corrected chi connectivity index (χ2v) is 4.48. The van der Waals surface area contributed by atoms with Gasteiger partial charge in [-0.1, -0.05) is 6.92 Å². The molecule has 86 valence electrons. The van der Waals surface area contributed by atoms with E-state index in [4.69, 9.17) is 15.7 Å². The molecule has 0 aromatic heterocycles. The van der Waals surface area contributed by atoms with Crippen LogP contribution in [0.2, 0.25) is 0 Å². The van der Waals surface area contributed by atoms with Crippen molar-refractivity contribution < 1.29 is 4.74 Å². The Morgan fingerprint density at radius 2 is 2.25 bits per heavy atom. The highest BCUT2D eigenvalue weighted by Crippen LogP contribution is 2.28. The van der Waals surface area contributed by atoms with E-state index in [1.54, 1.807) is 7.11 Å². The van der Waals surface area contributed by atoms with Crippen molar-refractivity contribution in [2.75, 3.05) is 7.11 Å². The fourth-order valence-electron chi connectivity index (χ4n) is 1.46. The number of ether oxygens (including phenoxy) is 1. The molecule has 0 radical (unpaired) electrons. The normalized spacial score (nSPS) is 11.9. The number of hydrogen-bond donors (Lipinski definition) is 1. The molecule has 0 aliphatic heterocycles. The molecule has 1 unspecified atom stereocenters. The minimum atomic E-state index is 0.0987. The highest BCUT2D eigenvalue weighted by molar-refractivity contribution is 9.10. The first-order chi connectivity index (χ1) is 7.62. The zero-order valence-electron chi connectivity index (χ0n) is 9.46. The average molecular weight is 283 g/mol. The summed E-state index contributed by atoms with van der Waals surface area (Å²) in [6, 6.07) is 5.88. The quantitative estimate of drug-likeness (QED) is 0.924. The van der Waals surface area contributed by atoms with E-state index in [0.717, 1.165) is 28.6 Å². The van der Waals surface area contributed by atoms with Crippen molar-refractivity contribution in [3.8, 4) is 11.8 Å². The van der Waals surface area contributed by atoms with Gasteiger partial charge in [0.25, 0.3) is 0 Å². The lowest BCUT2D eigenvalue weighted by atomic mass is 10.0. The number of nitriles is 1. The highest BCUT2D eigenvalue weighted by Gasteiger charge is 2.11. The first-order valence-corrected chi connectivity index (χ1v) is 5.93. The van der Waals surface area contributed by atoms with Crippen molar-refractivity contribution >= 4 is 15.9 Å². The Labute approximate surface area is 104 Å². The Hall–Kier alpha value is -1.05. The summed E-state index contributed by atoms with van der Waals surface area (Å²) in [5.74, 6) is 0.773. The van der Waals surface area contributed by atoms with Gasteiger partial charge >= 0.3 is 0 Å². The number of halogens is 1. The molecule has 0 fully saturated rings. The summed E-state index contributed by atoms with van der Waals surface area (Å²) in [6.07, 6.45) is 1.63. The molecule has 0 aliphatic rings. The van der Waals surface area contributed by atoms with Crippen LogP contribution in [0.15, 0.2) is 16.6 Å². The van der Waals surface area contributed by atoms with Crippen LogP contribution in [0.5, 0.6) is 5.75 Å². The number of methoxy groups -OCH3 is 1. The Morgan fingerprint density at radius 3 is 2.75 bits per heavy atom. The number of benzene rings is 1. The number of hydrogen-bond acceptors (Lipinski definition) is 3. The van der Waals surface area contributed by atoms with Gasteiger partial charge in [-0.25, -0.2) is 0 Å². The predicted molar refractivity (Wildman–Crippen MR) is 67.4 cm³/mol. The van der Waals surface area contributed by atoms with Crippen LogP contribution in [0.4, 0.5) is 0 Å². The molecule has 1 atom stereocenters. The molecule has 4 heteroatoms. The van der Waals surface area contributed by atoms with Gasteiger partial charge in [0.2, 0.25) is 0 Å². The molecule has 1 aromatic carbocycles. The summed E-state index contributed by atoms with van der Waals surface area (Å²) < 4.78 is 6.03. The minimum absolute atomic E-state index is 0.0987. The summed E-state index contributed by atoms with van der Waals surface area (Å²) >= 11 is 3.33. The van der Waals surface area contributed by atoms with Crippen molar-refractivity contribution in [3.05, 3.63) is 27.7 Å². The first kappa shape index (κ1) is 13.0. The summed E-state index contributed by atoms with van der Waals surface area (Å²) in [5, 5.41) is 8.95. The van der Waals surface area contributed by atoms with E-state index in [2.05, 4.69) is 22.0 Å². The molecule has 1 rings (SSSR count). The third-order valence-corrected chi connectivity index (χ3v) is 3.15. The molecular weight excluding hydrogens is 268 g/mol. The summed E-state index contributed by atoms with van der Waals surface area (Å²) in [4.78, 5) is 0.